The Hall–Kier alpha value is -1.31. The van der Waals surface area contributed by atoms with E-state index in [-0.39, 0.29) is 0 Å². The predicted octanol–water partition coefficient (Wildman–Crippen LogP) is 1.63. The predicted molar refractivity (Wildman–Crippen MR) is 49.1 cm³/mol. The Morgan fingerprint density at radius 1 is 1.45 bits per heavy atom. The summed E-state index contributed by atoms with van der Waals surface area (Å²) in [6.45, 7) is 1.99. The second kappa shape index (κ2) is 3.19. The van der Waals surface area contributed by atoms with E-state index in [1.165, 1.54) is 0 Å². The molecule has 0 atom stereocenters. The van der Waals surface area contributed by atoms with Crippen molar-refractivity contribution in [3.63, 3.8) is 0 Å². The Morgan fingerprint density at radius 3 is 2.82 bits per heavy atom. The van der Waals surface area contributed by atoms with Gasteiger partial charge in [0.25, 0.3) is 0 Å². The lowest BCUT2D eigenvalue weighted by molar-refractivity contribution is 1.43. The zero-order valence-corrected chi connectivity index (χ0v) is 6.83. The Balaban J connectivity index is 3.16. The summed E-state index contributed by atoms with van der Waals surface area (Å²) < 4.78 is 0. The van der Waals surface area contributed by atoms with Crippen LogP contribution in [0.5, 0.6) is 0 Å². The van der Waals surface area contributed by atoms with Gasteiger partial charge in [-0.1, -0.05) is 18.2 Å². The number of nitrogen functional groups attached to an aromatic ring is 1. The summed E-state index contributed by atoms with van der Waals surface area (Å²) in [7, 11) is 1.74. The van der Waals surface area contributed by atoms with E-state index in [0.29, 0.717) is 0 Å². The number of hydrogen-bond acceptors (Lipinski definition) is 2. The van der Waals surface area contributed by atoms with Gasteiger partial charge in [0.1, 0.15) is 0 Å². The van der Waals surface area contributed by atoms with Crippen LogP contribution in [0.1, 0.15) is 11.1 Å². The molecule has 0 saturated carbocycles. The van der Waals surface area contributed by atoms with Crippen LogP contribution in [0.4, 0.5) is 5.69 Å². The number of aryl methyl sites for hydroxylation is 1. The molecule has 0 heterocycles. The van der Waals surface area contributed by atoms with Gasteiger partial charge in [-0.3, -0.25) is 4.99 Å². The molecule has 11 heavy (non-hydrogen) atoms. The third-order valence-corrected chi connectivity index (χ3v) is 1.63. The minimum absolute atomic E-state index is 0.818. The van der Waals surface area contributed by atoms with Gasteiger partial charge in [-0.05, 0) is 12.5 Å². The summed E-state index contributed by atoms with van der Waals surface area (Å²) in [4.78, 5) is 3.90. The van der Waals surface area contributed by atoms with Crippen LogP contribution in [0.3, 0.4) is 0 Å². The maximum atomic E-state index is 5.78. The summed E-state index contributed by atoms with van der Waals surface area (Å²) in [5.74, 6) is 0. The average Bonchev–Trinajstić information content (AvgIpc) is 1.99. The molecule has 1 aromatic carbocycles. The molecule has 0 aromatic heterocycles. The Labute approximate surface area is 66.8 Å². The highest BCUT2D eigenvalue weighted by Crippen LogP contribution is 2.13. The van der Waals surface area contributed by atoms with Crippen molar-refractivity contribution in [2.24, 2.45) is 4.99 Å². The molecule has 0 aliphatic rings. The van der Waals surface area contributed by atoms with Gasteiger partial charge in [0, 0.05) is 24.5 Å². The zero-order chi connectivity index (χ0) is 8.27. The molecule has 58 valence electrons. The van der Waals surface area contributed by atoms with Crippen molar-refractivity contribution in [2.45, 2.75) is 6.92 Å². The molecule has 0 aliphatic heterocycles. The molecule has 2 nitrogen and oxygen atoms in total. The first kappa shape index (κ1) is 7.79. The van der Waals surface area contributed by atoms with Gasteiger partial charge in [-0.2, -0.15) is 0 Å². The molecule has 2 heteroatoms. The molecule has 0 saturated heterocycles. The summed E-state index contributed by atoms with van der Waals surface area (Å²) in [6, 6.07) is 5.92. The van der Waals surface area contributed by atoms with E-state index in [9.17, 15) is 0 Å². The summed E-state index contributed by atoms with van der Waals surface area (Å²) in [5.41, 5.74) is 8.69. The maximum Gasteiger partial charge on any atom is 0.0432 e. The van der Waals surface area contributed by atoms with E-state index in [4.69, 9.17) is 5.73 Å². The van der Waals surface area contributed by atoms with Crippen LogP contribution in [0.25, 0.3) is 0 Å². The van der Waals surface area contributed by atoms with E-state index in [0.717, 1.165) is 16.8 Å². The van der Waals surface area contributed by atoms with Crippen molar-refractivity contribution in [3.05, 3.63) is 29.3 Å². The Kier molecular flexibility index (Phi) is 2.26. The topological polar surface area (TPSA) is 38.4 Å². The van der Waals surface area contributed by atoms with Crippen molar-refractivity contribution in [3.8, 4) is 0 Å². The fourth-order valence-corrected chi connectivity index (χ4v) is 0.955. The van der Waals surface area contributed by atoms with E-state index >= 15 is 0 Å². The van der Waals surface area contributed by atoms with Crippen molar-refractivity contribution < 1.29 is 0 Å². The molecule has 2 N–H and O–H groups in total. The van der Waals surface area contributed by atoms with Crippen LogP contribution in [-0.2, 0) is 0 Å². The smallest absolute Gasteiger partial charge is 0.0432 e. The number of aliphatic imine (C=N–C) groups is 1. The normalized spacial score (nSPS) is 10.7. The third-order valence-electron chi connectivity index (χ3n) is 1.63. The zero-order valence-electron chi connectivity index (χ0n) is 6.83. The van der Waals surface area contributed by atoms with Crippen LogP contribution in [0.2, 0.25) is 0 Å². The summed E-state index contributed by atoms with van der Waals surface area (Å²) >= 11 is 0. The number of para-hydroxylation sites is 1. The largest absolute Gasteiger partial charge is 0.398 e. The van der Waals surface area contributed by atoms with Gasteiger partial charge in [0.05, 0.1) is 0 Å². The highest BCUT2D eigenvalue weighted by molar-refractivity contribution is 5.87. The molecule has 1 rings (SSSR count). The number of hydrogen-bond donors (Lipinski definition) is 1. The van der Waals surface area contributed by atoms with Crippen LogP contribution in [0, 0.1) is 6.92 Å². The number of rotatable bonds is 1. The first-order valence-corrected chi connectivity index (χ1v) is 3.53. The molecule has 0 radical (unpaired) electrons. The number of nitrogens with two attached hydrogens (primary N) is 1. The van der Waals surface area contributed by atoms with E-state index < -0.39 is 0 Å². The molecule has 1 aromatic rings. The molecular formula is C9H12N2. The summed E-state index contributed by atoms with van der Waals surface area (Å²) in [6.07, 6.45) is 1.77. The molecule has 0 spiro atoms. The van der Waals surface area contributed by atoms with Gasteiger partial charge in [0.2, 0.25) is 0 Å². The Morgan fingerprint density at radius 2 is 2.18 bits per heavy atom. The molecule has 0 amide bonds. The quantitative estimate of drug-likeness (QED) is 0.477. The molecule has 0 fully saturated rings. The SMILES string of the molecule is CN=Cc1cccc(C)c1N. The highest BCUT2D eigenvalue weighted by atomic mass is 14.6. The lowest BCUT2D eigenvalue weighted by atomic mass is 10.1. The molecule has 0 aliphatic carbocycles. The fraction of sp³-hybridized carbons (Fsp3) is 0.222. The van der Waals surface area contributed by atoms with Crippen molar-refractivity contribution in [1.29, 1.82) is 0 Å². The monoisotopic (exact) mass is 148 g/mol. The number of nitrogens with zero attached hydrogens (tertiary/aromatic N) is 1. The van der Waals surface area contributed by atoms with E-state index in [2.05, 4.69) is 4.99 Å². The van der Waals surface area contributed by atoms with Gasteiger partial charge < -0.3 is 5.73 Å². The third kappa shape index (κ3) is 1.58. The molecule has 0 bridgehead atoms. The lowest BCUT2D eigenvalue weighted by Crippen LogP contribution is -1.95. The first-order valence-electron chi connectivity index (χ1n) is 3.53. The molecule has 0 unspecified atom stereocenters. The van der Waals surface area contributed by atoms with Gasteiger partial charge in [-0.25, -0.2) is 0 Å². The standard InChI is InChI=1S/C9H12N2/c1-7-4-3-5-8(6-11-2)9(7)10/h3-6H,10H2,1-2H3. The van der Waals surface area contributed by atoms with Crippen molar-refractivity contribution >= 4 is 11.9 Å². The highest BCUT2D eigenvalue weighted by Gasteiger charge is 1.96. The fourth-order valence-electron chi connectivity index (χ4n) is 0.955. The van der Waals surface area contributed by atoms with Gasteiger partial charge in [0.15, 0.2) is 0 Å². The lowest BCUT2D eigenvalue weighted by Gasteiger charge is -2.01. The van der Waals surface area contributed by atoms with Crippen molar-refractivity contribution in [2.75, 3.05) is 12.8 Å². The first-order chi connectivity index (χ1) is 5.25. The summed E-state index contributed by atoms with van der Waals surface area (Å²) in [5, 5.41) is 0. The maximum absolute atomic E-state index is 5.78. The van der Waals surface area contributed by atoms with Crippen LogP contribution in [0.15, 0.2) is 23.2 Å². The minimum Gasteiger partial charge on any atom is -0.398 e. The van der Waals surface area contributed by atoms with Gasteiger partial charge in [-0.15, -0.1) is 0 Å². The van der Waals surface area contributed by atoms with Crippen molar-refractivity contribution in [1.82, 2.24) is 0 Å². The van der Waals surface area contributed by atoms with Crippen LogP contribution < -0.4 is 5.73 Å². The van der Waals surface area contributed by atoms with E-state index in [1.807, 2.05) is 25.1 Å². The van der Waals surface area contributed by atoms with Crippen LogP contribution in [-0.4, -0.2) is 13.3 Å². The van der Waals surface area contributed by atoms with E-state index in [1.54, 1.807) is 13.3 Å². The molecular weight excluding hydrogens is 136 g/mol. The van der Waals surface area contributed by atoms with Gasteiger partial charge >= 0.3 is 0 Å². The number of anilines is 1. The minimum atomic E-state index is 0.818. The number of benzene rings is 1. The van der Waals surface area contributed by atoms with Crippen LogP contribution >= 0.6 is 0 Å². The second-order valence-electron chi connectivity index (χ2n) is 2.47. The average molecular weight is 148 g/mol. The second-order valence-corrected chi connectivity index (χ2v) is 2.47. The Bertz CT molecular complexity index is 277.